The van der Waals surface area contributed by atoms with Crippen LogP contribution in [0.25, 0.3) is 0 Å². The van der Waals surface area contributed by atoms with Crippen LogP contribution in [-0.2, 0) is 16.0 Å². The molecule has 172 valence electrons. The molecule has 3 rings (SSSR count). The van der Waals surface area contributed by atoms with E-state index in [1.807, 2.05) is 43.3 Å². The highest BCUT2D eigenvalue weighted by Gasteiger charge is 2.44. The van der Waals surface area contributed by atoms with Crippen LogP contribution in [0.2, 0.25) is 0 Å². The van der Waals surface area contributed by atoms with E-state index in [0.29, 0.717) is 24.7 Å². The number of carboxylic acid groups (broad SMARTS) is 1. The largest absolute Gasteiger partial charge is 0.481 e. The molecule has 1 amide bonds. The molecule has 1 aliphatic carbocycles. The summed E-state index contributed by atoms with van der Waals surface area (Å²) in [7, 11) is 0. The summed E-state index contributed by atoms with van der Waals surface area (Å²) in [5, 5.41) is 12.5. The van der Waals surface area contributed by atoms with E-state index in [9.17, 15) is 14.7 Å². The van der Waals surface area contributed by atoms with E-state index >= 15 is 0 Å². The Bertz CT molecular complexity index is 940. The number of anilines is 2. The monoisotopic (exact) mass is 436 g/mol. The standard InChI is InChI=1S/C27H36N2O3/c1-17(2)15-29(16-18(3)4)25-11-10-21(22-14-23(22)27(31)32)13-24(25)28-26(30)12-20-8-6-19(5)7-9-20/h6-11,13,17-18,22-23H,12,14-16H2,1-5H3,(H,28,30)(H,31,32). The molecule has 5 heteroatoms. The highest BCUT2D eigenvalue weighted by Crippen LogP contribution is 2.49. The number of hydrogen-bond acceptors (Lipinski definition) is 3. The van der Waals surface area contributed by atoms with Gasteiger partial charge in [-0.05, 0) is 54.4 Å². The summed E-state index contributed by atoms with van der Waals surface area (Å²) in [6, 6.07) is 14.1. The molecule has 0 bridgehead atoms. The number of carbonyl (C=O) groups excluding carboxylic acids is 1. The lowest BCUT2D eigenvalue weighted by atomic mass is 10.0. The minimum absolute atomic E-state index is 0.0259. The molecule has 1 aliphatic rings. The molecule has 0 spiro atoms. The number of nitrogens with zero attached hydrogens (tertiary/aromatic N) is 1. The fourth-order valence-electron chi connectivity index (χ4n) is 4.23. The first kappa shape index (κ1) is 23.8. The van der Waals surface area contributed by atoms with Crippen LogP contribution in [-0.4, -0.2) is 30.1 Å². The Morgan fingerprint density at radius 2 is 1.66 bits per heavy atom. The van der Waals surface area contributed by atoms with E-state index in [1.165, 1.54) is 5.56 Å². The zero-order valence-corrected chi connectivity index (χ0v) is 19.9. The van der Waals surface area contributed by atoms with Crippen LogP contribution in [0.15, 0.2) is 42.5 Å². The number of benzene rings is 2. The van der Waals surface area contributed by atoms with Gasteiger partial charge >= 0.3 is 5.97 Å². The predicted molar refractivity (Wildman–Crippen MR) is 130 cm³/mol. The van der Waals surface area contributed by atoms with Gasteiger partial charge in [-0.3, -0.25) is 9.59 Å². The molecule has 0 aliphatic heterocycles. The van der Waals surface area contributed by atoms with Gasteiger partial charge in [0.1, 0.15) is 0 Å². The average Bonchev–Trinajstić information content (AvgIpc) is 3.50. The fraction of sp³-hybridized carbons (Fsp3) is 0.481. The second-order valence-electron chi connectivity index (χ2n) is 9.97. The second-order valence-corrected chi connectivity index (χ2v) is 9.97. The number of hydrogen-bond donors (Lipinski definition) is 2. The third-order valence-corrected chi connectivity index (χ3v) is 5.83. The SMILES string of the molecule is Cc1ccc(CC(=O)Nc2cc(C3CC3C(=O)O)ccc2N(CC(C)C)CC(C)C)cc1. The first-order valence-corrected chi connectivity index (χ1v) is 11.6. The van der Waals surface area contributed by atoms with E-state index in [4.69, 9.17) is 0 Å². The summed E-state index contributed by atoms with van der Waals surface area (Å²) in [4.78, 5) is 26.6. The first-order valence-electron chi connectivity index (χ1n) is 11.6. The summed E-state index contributed by atoms with van der Waals surface area (Å²) in [6.45, 7) is 12.6. The van der Waals surface area contributed by atoms with Crippen molar-refractivity contribution in [3.05, 3.63) is 59.2 Å². The smallest absolute Gasteiger partial charge is 0.307 e. The van der Waals surface area contributed by atoms with Crippen molar-refractivity contribution in [3.8, 4) is 0 Å². The summed E-state index contributed by atoms with van der Waals surface area (Å²) in [6.07, 6.45) is 0.965. The highest BCUT2D eigenvalue weighted by atomic mass is 16.4. The lowest BCUT2D eigenvalue weighted by molar-refractivity contribution is -0.138. The molecule has 2 aromatic rings. The molecular formula is C27H36N2O3. The molecular weight excluding hydrogens is 400 g/mol. The number of nitrogens with one attached hydrogen (secondary N) is 1. The number of carboxylic acids is 1. The Kier molecular flexibility index (Phi) is 7.60. The van der Waals surface area contributed by atoms with E-state index in [2.05, 4.69) is 44.0 Å². The molecule has 2 unspecified atom stereocenters. The molecule has 2 aromatic carbocycles. The number of carbonyl (C=O) groups is 2. The molecule has 1 saturated carbocycles. The van der Waals surface area contributed by atoms with Crippen molar-refractivity contribution in [1.29, 1.82) is 0 Å². The van der Waals surface area contributed by atoms with Gasteiger partial charge < -0.3 is 15.3 Å². The minimum Gasteiger partial charge on any atom is -0.481 e. The van der Waals surface area contributed by atoms with Crippen LogP contribution < -0.4 is 10.2 Å². The average molecular weight is 437 g/mol. The maximum atomic E-state index is 12.9. The van der Waals surface area contributed by atoms with Gasteiger partial charge in [0.15, 0.2) is 0 Å². The number of amides is 1. The van der Waals surface area contributed by atoms with E-state index in [-0.39, 0.29) is 17.7 Å². The van der Waals surface area contributed by atoms with Crippen LogP contribution in [0, 0.1) is 24.7 Å². The Morgan fingerprint density at radius 1 is 1.03 bits per heavy atom. The van der Waals surface area contributed by atoms with Gasteiger partial charge in [-0.1, -0.05) is 63.6 Å². The normalized spacial score (nSPS) is 17.5. The van der Waals surface area contributed by atoms with Crippen LogP contribution in [0.4, 0.5) is 11.4 Å². The minimum atomic E-state index is -0.745. The van der Waals surface area contributed by atoms with Gasteiger partial charge in [0.25, 0.3) is 0 Å². The zero-order chi connectivity index (χ0) is 23.4. The quantitative estimate of drug-likeness (QED) is 0.517. The van der Waals surface area contributed by atoms with Gasteiger partial charge in [-0.25, -0.2) is 0 Å². The molecule has 2 atom stereocenters. The Hall–Kier alpha value is -2.82. The third kappa shape index (κ3) is 6.35. The highest BCUT2D eigenvalue weighted by molar-refractivity contribution is 5.96. The van der Waals surface area contributed by atoms with Gasteiger partial charge in [-0.15, -0.1) is 0 Å². The van der Waals surface area contributed by atoms with Gasteiger partial charge in [0.05, 0.1) is 23.7 Å². The van der Waals surface area contributed by atoms with Gasteiger partial charge in [-0.2, -0.15) is 0 Å². The Balaban J connectivity index is 1.88. The fourth-order valence-corrected chi connectivity index (χ4v) is 4.23. The van der Waals surface area contributed by atoms with E-state index in [0.717, 1.165) is 35.6 Å². The predicted octanol–water partition coefficient (Wildman–Crippen LogP) is 5.48. The molecule has 0 radical (unpaired) electrons. The Labute approximate surface area is 191 Å². The second kappa shape index (κ2) is 10.2. The number of aryl methyl sites for hydroxylation is 1. The van der Waals surface area contributed by atoms with Crippen molar-refractivity contribution >= 4 is 23.3 Å². The van der Waals surface area contributed by atoms with Crippen LogP contribution in [0.5, 0.6) is 0 Å². The maximum absolute atomic E-state index is 12.9. The summed E-state index contributed by atoms with van der Waals surface area (Å²) >= 11 is 0. The summed E-state index contributed by atoms with van der Waals surface area (Å²) in [5.41, 5.74) is 4.90. The Morgan fingerprint density at radius 3 is 2.19 bits per heavy atom. The van der Waals surface area contributed by atoms with Crippen molar-refractivity contribution in [3.63, 3.8) is 0 Å². The molecule has 2 N–H and O–H groups in total. The molecule has 1 fully saturated rings. The van der Waals surface area contributed by atoms with Crippen molar-refractivity contribution in [2.45, 2.75) is 53.4 Å². The summed E-state index contributed by atoms with van der Waals surface area (Å²) < 4.78 is 0. The van der Waals surface area contributed by atoms with Gasteiger partial charge in [0.2, 0.25) is 5.91 Å². The van der Waals surface area contributed by atoms with E-state index < -0.39 is 5.97 Å². The van der Waals surface area contributed by atoms with Crippen LogP contribution >= 0.6 is 0 Å². The topological polar surface area (TPSA) is 69.6 Å². The van der Waals surface area contributed by atoms with Crippen LogP contribution in [0.3, 0.4) is 0 Å². The summed E-state index contributed by atoms with van der Waals surface area (Å²) in [5.74, 6) is -0.150. The lowest BCUT2D eigenvalue weighted by Gasteiger charge is -2.31. The van der Waals surface area contributed by atoms with Gasteiger partial charge in [0, 0.05) is 13.1 Å². The lowest BCUT2D eigenvalue weighted by Crippen LogP contribution is -2.32. The van der Waals surface area contributed by atoms with Crippen molar-refractivity contribution in [2.75, 3.05) is 23.3 Å². The van der Waals surface area contributed by atoms with Crippen molar-refractivity contribution in [1.82, 2.24) is 0 Å². The molecule has 0 saturated heterocycles. The molecule has 0 aromatic heterocycles. The maximum Gasteiger partial charge on any atom is 0.307 e. The van der Waals surface area contributed by atoms with Crippen molar-refractivity contribution < 1.29 is 14.7 Å². The van der Waals surface area contributed by atoms with Crippen LogP contribution in [0.1, 0.15) is 56.7 Å². The molecule has 32 heavy (non-hydrogen) atoms. The third-order valence-electron chi connectivity index (χ3n) is 5.83. The first-order chi connectivity index (χ1) is 15.1. The number of rotatable bonds is 10. The molecule has 0 heterocycles. The van der Waals surface area contributed by atoms with E-state index in [1.54, 1.807) is 0 Å². The molecule has 5 nitrogen and oxygen atoms in total. The number of aliphatic carboxylic acids is 1. The zero-order valence-electron chi connectivity index (χ0n) is 19.9. The van der Waals surface area contributed by atoms with Crippen molar-refractivity contribution in [2.24, 2.45) is 17.8 Å².